The number of benzene rings is 1. The lowest BCUT2D eigenvalue weighted by Gasteiger charge is -2.25. The van der Waals surface area contributed by atoms with E-state index in [1.807, 2.05) is 13.8 Å². The molecule has 1 rings (SSSR count). The van der Waals surface area contributed by atoms with E-state index in [9.17, 15) is 29.1 Å². The second-order valence-corrected chi connectivity index (χ2v) is 8.27. The smallest absolute Gasteiger partial charge is 0.322 e. The minimum atomic E-state index is -1.24. The molecule has 34 heavy (non-hydrogen) atoms. The molecule has 1 aromatic carbocycles. The van der Waals surface area contributed by atoms with Gasteiger partial charge in [-0.05, 0) is 36.5 Å². The van der Waals surface area contributed by atoms with Crippen molar-refractivity contribution in [2.75, 3.05) is 6.54 Å². The quantitative estimate of drug-likeness (QED) is 0.180. The van der Waals surface area contributed by atoms with Crippen molar-refractivity contribution in [1.82, 2.24) is 16.0 Å². The first-order valence-corrected chi connectivity index (χ1v) is 10.7. The van der Waals surface area contributed by atoms with Crippen molar-refractivity contribution < 1.29 is 39.3 Å². The summed E-state index contributed by atoms with van der Waals surface area (Å²) < 4.78 is 0. The van der Waals surface area contributed by atoms with Crippen LogP contribution in [0.2, 0.25) is 0 Å². The summed E-state index contributed by atoms with van der Waals surface area (Å²) in [7, 11) is 0. The van der Waals surface area contributed by atoms with Gasteiger partial charge in [0.1, 0.15) is 24.4 Å². The molecular weight excluding hydrogens is 448 g/mol. The predicted molar refractivity (Wildman–Crippen MR) is 121 cm³/mol. The number of hydrogen-bond acceptors (Lipinski definition) is 7. The second-order valence-electron chi connectivity index (χ2n) is 8.27. The van der Waals surface area contributed by atoms with Gasteiger partial charge in [0, 0.05) is 12.8 Å². The first-order valence-electron chi connectivity index (χ1n) is 10.7. The van der Waals surface area contributed by atoms with Crippen LogP contribution in [0.15, 0.2) is 24.3 Å². The number of rotatable bonds is 14. The fraction of sp³-hybridized carbons (Fsp3) is 0.500. The number of amides is 3. The Bertz CT molecular complexity index is 872. The van der Waals surface area contributed by atoms with Crippen LogP contribution >= 0.6 is 0 Å². The van der Waals surface area contributed by atoms with Crippen molar-refractivity contribution >= 4 is 29.7 Å². The highest BCUT2D eigenvalue weighted by atomic mass is 16.4. The van der Waals surface area contributed by atoms with Gasteiger partial charge in [0.25, 0.3) is 0 Å². The summed E-state index contributed by atoms with van der Waals surface area (Å²) in [5.41, 5.74) is 6.34. The van der Waals surface area contributed by atoms with Crippen molar-refractivity contribution in [2.24, 2.45) is 11.7 Å². The first kappa shape index (κ1) is 28.4. The Kier molecular flexibility index (Phi) is 11.5. The number of aromatic hydroxyl groups is 1. The standard InChI is InChI=1S/C22H32N4O8/c1-12(2)9-16(21(33)24-11-19(30)31)26-22(34)17(10-13-3-5-14(27)6-4-13)25-20(32)15(23)7-8-18(28)29/h3-6,12,15-17,27H,7-11,23H2,1-2H3,(H,24,33)(H,25,32)(H,26,34)(H,28,29)(H,30,31). The maximum atomic E-state index is 13.1. The van der Waals surface area contributed by atoms with Crippen molar-refractivity contribution in [1.29, 1.82) is 0 Å². The van der Waals surface area contributed by atoms with E-state index in [2.05, 4.69) is 16.0 Å². The third kappa shape index (κ3) is 10.8. The van der Waals surface area contributed by atoms with Gasteiger partial charge in [0.2, 0.25) is 17.7 Å². The molecule has 3 amide bonds. The van der Waals surface area contributed by atoms with Gasteiger partial charge in [-0.15, -0.1) is 0 Å². The fourth-order valence-corrected chi connectivity index (χ4v) is 3.03. The lowest BCUT2D eigenvalue weighted by molar-refractivity contribution is -0.139. The minimum absolute atomic E-state index is 0.00531. The van der Waals surface area contributed by atoms with E-state index in [1.54, 1.807) is 12.1 Å². The molecule has 12 nitrogen and oxygen atoms in total. The summed E-state index contributed by atoms with van der Waals surface area (Å²) >= 11 is 0. The normalized spacial score (nSPS) is 13.4. The molecule has 0 saturated carbocycles. The molecule has 3 unspecified atom stereocenters. The third-order valence-corrected chi connectivity index (χ3v) is 4.77. The highest BCUT2D eigenvalue weighted by Crippen LogP contribution is 2.12. The fourth-order valence-electron chi connectivity index (χ4n) is 3.03. The topological polar surface area (TPSA) is 208 Å². The Morgan fingerprint density at radius 1 is 0.882 bits per heavy atom. The van der Waals surface area contributed by atoms with Gasteiger partial charge >= 0.3 is 11.9 Å². The largest absolute Gasteiger partial charge is 0.508 e. The molecule has 188 valence electrons. The van der Waals surface area contributed by atoms with Crippen molar-refractivity contribution in [3.63, 3.8) is 0 Å². The molecule has 0 saturated heterocycles. The molecule has 0 bridgehead atoms. The molecule has 12 heteroatoms. The summed E-state index contributed by atoms with van der Waals surface area (Å²) in [6.07, 6.45) is -0.254. The number of hydrogen-bond donors (Lipinski definition) is 7. The summed E-state index contributed by atoms with van der Waals surface area (Å²) in [6.45, 7) is 3.02. The molecule has 0 aliphatic carbocycles. The Balaban J connectivity index is 3.03. The van der Waals surface area contributed by atoms with E-state index < -0.39 is 54.3 Å². The number of nitrogens with two attached hydrogens (primary N) is 1. The number of phenols is 1. The van der Waals surface area contributed by atoms with Gasteiger partial charge in [-0.25, -0.2) is 0 Å². The van der Waals surface area contributed by atoms with E-state index in [0.29, 0.717) is 5.56 Å². The van der Waals surface area contributed by atoms with Crippen LogP contribution < -0.4 is 21.7 Å². The molecule has 0 heterocycles. The van der Waals surface area contributed by atoms with E-state index in [4.69, 9.17) is 15.9 Å². The first-order chi connectivity index (χ1) is 15.9. The molecule has 8 N–H and O–H groups in total. The van der Waals surface area contributed by atoms with E-state index >= 15 is 0 Å². The zero-order chi connectivity index (χ0) is 25.8. The van der Waals surface area contributed by atoms with Gasteiger partial charge in [0.15, 0.2) is 0 Å². The molecule has 0 aliphatic rings. The summed E-state index contributed by atoms with van der Waals surface area (Å²) in [5.74, 6) is -4.50. The monoisotopic (exact) mass is 480 g/mol. The van der Waals surface area contributed by atoms with Gasteiger partial charge < -0.3 is 37.0 Å². The van der Waals surface area contributed by atoms with Crippen molar-refractivity contribution in [3.05, 3.63) is 29.8 Å². The highest BCUT2D eigenvalue weighted by molar-refractivity contribution is 5.93. The van der Waals surface area contributed by atoms with Crippen LogP contribution in [-0.2, 0) is 30.4 Å². The summed E-state index contributed by atoms with van der Waals surface area (Å²) in [4.78, 5) is 59.5. The van der Waals surface area contributed by atoms with Gasteiger partial charge in [-0.2, -0.15) is 0 Å². The number of phenolic OH excluding ortho intramolecular Hbond substituents is 1. The number of carboxylic acid groups (broad SMARTS) is 2. The maximum absolute atomic E-state index is 13.1. The van der Waals surface area contributed by atoms with Gasteiger partial charge in [-0.1, -0.05) is 26.0 Å². The number of carbonyl (C=O) groups excluding carboxylic acids is 3. The maximum Gasteiger partial charge on any atom is 0.322 e. The molecule has 0 fully saturated rings. The second kappa shape index (κ2) is 13.8. The average Bonchev–Trinajstić information content (AvgIpc) is 2.75. The van der Waals surface area contributed by atoms with Crippen LogP contribution in [-0.4, -0.2) is 69.7 Å². The Hall–Kier alpha value is -3.67. The Morgan fingerprint density at radius 3 is 2.00 bits per heavy atom. The Morgan fingerprint density at radius 2 is 1.47 bits per heavy atom. The van der Waals surface area contributed by atoms with E-state index in [1.165, 1.54) is 12.1 Å². The van der Waals surface area contributed by atoms with Gasteiger partial charge in [-0.3, -0.25) is 24.0 Å². The summed E-state index contributed by atoms with van der Waals surface area (Å²) in [6, 6.07) is 2.53. The van der Waals surface area contributed by atoms with Crippen molar-refractivity contribution in [3.8, 4) is 5.75 Å². The molecule has 3 atom stereocenters. The predicted octanol–water partition coefficient (Wildman–Crippen LogP) is -0.657. The SMILES string of the molecule is CC(C)CC(NC(=O)C(Cc1ccc(O)cc1)NC(=O)C(N)CCC(=O)O)C(=O)NCC(=O)O. The third-order valence-electron chi connectivity index (χ3n) is 4.77. The van der Waals surface area contributed by atoms with Crippen LogP contribution in [0.4, 0.5) is 0 Å². The molecule has 0 aromatic heterocycles. The van der Waals surface area contributed by atoms with Crippen LogP contribution in [0.3, 0.4) is 0 Å². The molecule has 0 spiro atoms. The number of nitrogens with one attached hydrogen (secondary N) is 3. The molecule has 1 aromatic rings. The lowest BCUT2D eigenvalue weighted by atomic mass is 10.0. The molecule has 0 aliphatic heterocycles. The van der Waals surface area contributed by atoms with Crippen LogP contribution in [0, 0.1) is 5.92 Å². The average molecular weight is 481 g/mol. The van der Waals surface area contributed by atoms with Crippen LogP contribution in [0.5, 0.6) is 5.75 Å². The Labute approximate surface area is 196 Å². The number of carbonyl (C=O) groups is 5. The lowest BCUT2D eigenvalue weighted by Crippen LogP contribution is -2.57. The van der Waals surface area contributed by atoms with E-state index in [-0.39, 0.29) is 37.4 Å². The highest BCUT2D eigenvalue weighted by Gasteiger charge is 2.29. The summed E-state index contributed by atoms with van der Waals surface area (Å²) in [5, 5.41) is 34.3. The van der Waals surface area contributed by atoms with Crippen LogP contribution in [0.1, 0.15) is 38.7 Å². The zero-order valence-corrected chi connectivity index (χ0v) is 19.1. The van der Waals surface area contributed by atoms with Crippen LogP contribution in [0.25, 0.3) is 0 Å². The zero-order valence-electron chi connectivity index (χ0n) is 19.1. The van der Waals surface area contributed by atoms with Crippen molar-refractivity contribution in [2.45, 2.75) is 57.7 Å². The number of aliphatic carboxylic acids is 2. The molecular formula is C22H32N4O8. The number of carboxylic acids is 2. The minimum Gasteiger partial charge on any atom is -0.508 e. The van der Waals surface area contributed by atoms with E-state index in [0.717, 1.165) is 0 Å². The van der Waals surface area contributed by atoms with Gasteiger partial charge in [0.05, 0.1) is 6.04 Å². The molecule has 0 radical (unpaired) electrons.